The number of hydrogen-bond donors (Lipinski definition) is 1. The number of carboxylic acid groups (broad SMARTS) is 1. The third kappa shape index (κ3) is 2.38. The molecule has 0 amide bonds. The summed E-state index contributed by atoms with van der Waals surface area (Å²) >= 11 is 0. The van der Waals surface area contributed by atoms with Gasteiger partial charge in [-0.05, 0) is 19.8 Å². The Morgan fingerprint density at radius 2 is 2.05 bits per heavy atom. The summed E-state index contributed by atoms with van der Waals surface area (Å²) in [6, 6.07) is 0. The third-order valence-corrected chi connectivity index (χ3v) is 3.49. The molecular weight excluding hydrogens is 252 g/mol. The Hall–Kier alpha value is -2.12. The van der Waals surface area contributed by atoms with Crippen LogP contribution in [-0.2, 0) is 11.8 Å². The topological polar surface area (TPSA) is 102 Å². The predicted molar refractivity (Wildman–Crippen MR) is 67.2 cm³/mol. The van der Waals surface area contributed by atoms with Crippen LogP contribution in [0.2, 0.25) is 0 Å². The van der Waals surface area contributed by atoms with Crippen molar-refractivity contribution in [1.29, 1.82) is 0 Å². The molecular formula is C11H16N4O4. The van der Waals surface area contributed by atoms with Crippen LogP contribution in [-0.4, -0.2) is 38.9 Å². The Kier molecular flexibility index (Phi) is 3.41. The molecule has 0 radical (unpaired) electrons. The predicted octanol–water partition coefficient (Wildman–Crippen LogP) is 0.938. The van der Waals surface area contributed by atoms with Crippen LogP contribution in [0.5, 0.6) is 0 Å². The Balaban J connectivity index is 2.24. The van der Waals surface area contributed by atoms with Crippen molar-refractivity contribution >= 4 is 17.5 Å². The molecule has 0 spiro atoms. The molecule has 0 aromatic carbocycles. The van der Waals surface area contributed by atoms with E-state index in [1.807, 2.05) is 4.90 Å². The average Bonchev–Trinajstić information content (AvgIpc) is 2.64. The maximum absolute atomic E-state index is 11.1. The number of nitro groups is 1. The van der Waals surface area contributed by atoms with E-state index in [0.29, 0.717) is 37.4 Å². The zero-order chi connectivity index (χ0) is 14.2. The normalized spacial score (nSPS) is 16.6. The maximum atomic E-state index is 11.1. The van der Waals surface area contributed by atoms with Gasteiger partial charge in [-0.1, -0.05) is 0 Å². The van der Waals surface area contributed by atoms with E-state index in [9.17, 15) is 14.9 Å². The quantitative estimate of drug-likeness (QED) is 0.646. The van der Waals surface area contributed by atoms with E-state index in [1.165, 1.54) is 4.68 Å². The Morgan fingerprint density at radius 3 is 2.53 bits per heavy atom. The molecule has 1 fully saturated rings. The summed E-state index contributed by atoms with van der Waals surface area (Å²) in [6.07, 6.45) is 0.993. The van der Waals surface area contributed by atoms with Gasteiger partial charge in [0.05, 0.1) is 10.8 Å². The van der Waals surface area contributed by atoms with Crippen LogP contribution in [0.25, 0.3) is 0 Å². The van der Waals surface area contributed by atoms with E-state index in [-0.39, 0.29) is 11.6 Å². The third-order valence-electron chi connectivity index (χ3n) is 3.49. The number of carboxylic acids is 1. The first-order chi connectivity index (χ1) is 8.91. The number of aryl methyl sites for hydroxylation is 2. The van der Waals surface area contributed by atoms with Crippen molar-refractivity contribution < 1.29 is 14.8 Å². The fourth-order valence-electron chi connectivity index (χ4n) is 2.54. The summed E-state index contributed by atoms with van der Waals surface area (Å²) in [7, 11) is 1.67. The first-order valence-corrected chi connectivity index (χ1v) is 6.07. The number of aliphatic carboxylic acids is 1. The molecule has 0 atom stereocenters. The number of carbonyl (C=O) groups is 1. The highest BCUT2D eigenvalue weighted by Crippen LogP contribution is 2.33. The minimum atomic E-state index is -0.796. The van der Waals surface area contributed by atoms with E-state index in [1.54, 1.807) is 14.0 Å². The smallest absolute Gasteiger partial charge is 0.333 e. The molecule has 0 saturated carbocycles. The summed E-state index contributed by atoms with van der Waals surface area (Å²) in [4.78, 5) is 23.4. The second kappa shape index (κ2) is 4.87. The highest BCUT2D eigenvalue weighted by atomic mass is 16.6. The summed E-state index contributed by atoms with van der Waals surface area (Å²) < 4.78 is 1.49. The number of piperidine rings is 1. The second-order valence-electron chi connectivity index (χ2n) is 4.74. The highest BCUT2D eigenvalue weighted by Gasteiger charge is 2.32. The Morgan fingerprint density at radius 1 is 1.47 bits per heavy atom. The fraction of sp³-hybridized carbons (Fsp3) is 0.636. The minimum Gasteiger partial charge on any atom is -0.481 e. The van der Waals surface area contributed by atoms with Gasteiger partial charge in [-0.15, -0.1) is 0 Å². The van der Waals surface area contributed by atoms with Crippen LogP contribution in [0.3, 0.4) is 0 Å². The number of nitrogens with zero attached hydrogens (tertiary/aromatic N) is 4. The van der Waals surface area contributed by atoms with Crippen LogP contribution < -0.4 is 4.90 Å². The Bertz CT molecular complexity index is 517. The SMILES string of the molecule is Cc1nn(C)c(N2CCC(C(=O)O)CC2)c1[N+](=O)[O-]. The van der Waals surface area contributed by atoms with Gasteiger partial charge >= 0.3 is 11.7 Å². The van der Waals surface area contributed by atoms with Crippen LogP contribution >= 0.6 is 0 Å². The lowest BCUT2D eigenvalue weighted by atomic mass is 9.97. The first kappa shape index (κ1) is 13.3. The largest absolute Gasteiger partial charge is 0.481 e. The first-order valence-electron chi connectivity index (χ1n) is 6.07. The molecule has 1 aliphatic heterocycles. The van der Waals surface area contributed by atoms with Crippen LogP contribution in [0.15, 0.2) is 0 Å². The van der Waals surface area contributed by atoms with Gasteiger partial charge in [0.2, 0.25) is 5.82 Å². The molecule has 0 unspecified atom stereocenters. The van der Waals surface area contributed by atoms with Gasteiger partial charge in [-0.2, -0.15) is 5.10 Å². The minimum absolute atomic E-state index is 0.0104. The zero-order valence-electron chi connectivity index (χ0n) is 10.9. The van der Waals surface area contributed by atoms with Crippen molar-refractivity contribution in [2.24, 2.45) is 13.0 Å². The lowest BCUT2D eigenvalue weighted by Gasteiger charge is -2.30. The van der Waals surface area contributed by atoms with Crippen molar-refractivity contribution in [2.75, 3.05) is 18.0 Å². The molecule has 2 heterocycles. The number of rotatable bonds is 3. The molecule has 104 valence electrons. The molecule has 2 rings (SSSR count). The Labute approximate surface area is 109 Å². The van der Waals surface area contributed by atoms with Crippen molar-refractivity contribution in [1.82, 2.24) is 9.78 Å². The van der Waals surface area contributed by atoms with Gasteiger partial charge in [0.15, 0.2) is 0 Å². The van der Waals surface area contributed by atoms with Crippen LogP contribution in [0, 0.1) is 23.0 Å². The number of aromatic nitrogens is 2. The number of hydrogen-bond acceptors (Lipinski definition) is 5. The summed E-state index contributed by atoms with van der Waals surface area (Å²) in [6.45, 7) is 2.60. The van der Waals surface area contributed by atoms with Gasteiger partial charge < -0.3 is 10.0 Å². The molecule has 0 aliphatic carbocycles. The van der Waals surface area contributed by atoms with Crippen LogP contribution in [0.1, 0.15) is 18.5 Å². The zero-order valence-corrected chi connectivity index (χ0v) is 10.9. The lowest BCUT2D eigenvalue weighted by Crippen LogP contribution is -2.37. The molecule has 1 saturated heterocycles. The van der Waals surface area contributed by atoms with Gasteiger partial charge in [-0.25, -0.2) is 4.68 Å². The van der Waals surface area contributed by atoms with Gasteiger partial charge in [0.25, 0.3) is 0 Å². The molecule has 0 bridgehead atoms. The van der Waals surface area contributed by atoms with Crippen molar-refractivity contribution in [3.8, 4) is 0 Å². The van der Waals surface area contributed by atoms with Gasteiger partial charge in [-0.3, -0.25) is 14.9 Å². The highest BCUT2D eigenvalue weighted by molar-refractivity contribution is 5.71. The van der Waals surface area contributed by atoms with Gasteiger partial charge in [0, 0.05) is 20.1 Å². The fourth-order valence-corrected chi connectivity index (χ4v) is 2.54. The van der Waals surface area contributed by atoms with E-state index in [2.05, 4.69) is 5.10 Å². The molecule has 1 aliphatic rings. The van der Waals surface area contributed by atoms with E-state index >= 15 is 0 Å². The van der Waals surface area contributed by atoms with Crippen molar-refractivity contribution in [2.45, 2.75) is 19.8 Å². The lowest BCUT2D eigenvalue weighted by molar-refractivity contribution is -0.384. The molecule has 1 aromatic heterocycles. The van der Waals surface area contributed by atoms with E-state index in [0.717, 1.165) is 0 Å². The molecule has 8 heteroatoms. The molecule has 19 heavy (non-hydrogen) atoms. The second-order valence-corrected chi connectivity index (χ2v) is 4.74. The number of anilines is 1. The van der Waals surface area contributed by atoms with Crippen LogP contribution in [0.4, 0.5) is 11.5 Å². The molecule has 8 nitrogen and oxygen atoms in total. The maximum Gasteiger partial charge on any atom is 0.333 e. The summed E-state index contributed by atoms with van der Waals surface area (Å²) in [5, 5.41) is 24.1. The monoisotopic (exact) mass is 268 g/mol. The van der Waals surface area contributed by atoms with Crippen molar-refractivity contribution in [3.05, 3.63) is 15.8 Å². The summed E-state index contributed by atoms with van der Waals surface area (Å²) in [5.41, 5.74) is 0.388. The summed E-state index contributed by atoms with van der Waals surface area (Å²) in [5.74, 6) is -0.689. The standard InChI is InChI=1S/C11H16N4O4/c1-7-9(15(18)19)10(13(2)12-7)14-5-3-8(4-6-14)11(16)17/h8H,3-6H2,1-2H3,(H,16,17). The molecule has 1 aromatic rings. The van der Waals surface area contributed by atoms with E-state index in [4.69, 9.17) is 5.11 Å². The van der Waals surface area contributed by atoms with Crippen molar-refractivity contribution in [3.63, 3.8) is 0 Å². The van der Waals surface area contributed by atoms with Gasteiger partial charge in [0.1, 0.15) is 5.69 Å². The average molecular weight is 268 g/mol. The molecule has 1 N–H and O–H groups in total. The van der Waals surface area contributed by atoms with E-state index < -0.39 is 10.9 Å².